The molecule has 26 valence electrons. The molecule has 0 radical (unpaired) electrons. The topological polar surface area (TPSA) is 26.0 Å². The summed E-state index contributed by atoms with van der Waals surface area (Å²) in [5.74, 6) is 0.565. The molecule has 0 aromatic heterocycles. The first kappa shape index (κ1) is 3.29. The van der Waals surface area contributed by atoms with Crippen LogP contribution in [0.2, 0.25) is 6.32 Å². The standard InChI is InChI=1S/C2H7B2N/c5-2-1-3-4-2/h2-4H,1,5H2. The second-order valence-corrected chi connectivity index (χ2v) is 1.69. The van der Waals surface area contributed by atoms with E-state index in [1.807, 2.05) is 0 Å². The van der Waals surface area contributed by atoms with Crippen LogP contribution in [0.15, 0.2) is 0 Å². The molecule has 2 N–H and O–H groups in total. The Balaban J connectivity index is 2.08. The highest BCUT2D eigenvalue weighted by molar-refractivity contribution is 7.06. The molecule has 1 fully saturated rings. The predicted octanol–water partition coefficient (Wildman–Crippen LogP) is -1.51. The van der Waals surface area contributed by atoms with Gasteiger partial charge in [0, 0.05) is 0 Å². The van der Waals surface area contributed by atoms with Crippen LogP contribution in [-0.4, -0.2) is 20.3 Å². The van der Waals surface area contributed by atoms with Gasteiger partial charge < -0.3 is 5.73 Å². The number of hydrogen-bond donors (Lipinski definition) is 1. The van der Waals surface area contributed by atoms with Crippen molar-refractivity contribution in [2.24, 2.45) is 5.73 Å². The molecule has 1 unspecified atom stereocenters. The van der Waals surface area contributed by atoms with Gasteiger partial charge in [-0.1, -0.05) is 6.32 Å². The van der Waals surface area contributed by atoms with Crippen LogP contribution in [0.5, 0.6) is 0 Å². The molecule has 0 aromatic carbocycles. The second-order valence-electron chi connectivity index (χ2n) is 1.69. The van der Waals surface area contributed by atoms with Crippen molar-refractivity contribution in [1.82, 2.24) is 0 Å². The Labute approximate surface area is 33.4 Å². The highest BCUT2D eigenvalue weighted by Gasteiger charge is 2.13. The van der Waals surface area contributed by atoms with Crippen LogP contribution in [-0.2, 0) is 0 Å². The molecule has 5 heavy (non-hydrogen) atoms. The molecule has 0 bridgehead atoms. The molecule has 0 aliphatic carbocycles. The number of hydrogen-bond acceptors (Lipinski definition) is 1. The third kappa shape index (κ3) is 0.482. The molecule has 0 spiro atoms. The number of rotatable bonds is 0. The molecule has 1 rings (SSSR count). The van der Waals surface area contributed by atoms with Gasteiger partial charge in [-0.15, -0.1) is 0 Å². The highest BCUT2D eigenvalue weighted by Crippen LogP contribution is 1.94. The van der Waals surface area contributed by atoms with Crippen LogP contribution < -0.4 is 5.73 Å². The van der Waals surface area contributed by atoms with Crippen LogP contribution >= 0.6 is 0 Å². The van der Waals surface area contributed by atoms with Crippen molar-refractivity contribution in [3.63, 3.8) is 0 Å². The van der Waals surface area contributed by atoms with E-state index in [4.69, 9.17) is 5.73 Å². The summed E-state index contributed by atoms with van der Waals surface area (Å²) in [6, 6.07) is 0. The van der Waals surface area contributed by atoms with Gasteiger partial charge in [0.25, 0.3) is 0 Å². The summed E-state index contributed by atoms with van der Waals surface area (Å²) in [6.07, 6.45) is 1.26. The van der Waals surface area contributed by atoms with Crippen LogP contribution in [0.4, 0.5) is 0 Å². The Morgan fingerprint density at radius 3 is 2.20 bits per heavy atom. The van der Waals surface area contributed by atoms with Crippen molar-refractivity contribution in [2.75, 3.05) is 0 Å². The highest BCUT2D eigenvalue weighted by atomic mass is 14.6. The average Bonchev–Trinajstić information content (AvgIpc) is 1.30. The summed E-state index contributed by atoms with van der Waals surface area (Å²) in [5, 5.41) is 0. The minimum Gasteiger partial charge on any atom is -0.336 e. The Bertz CT molecular complexity index is 34.6. The van der Waals surface area contributed by atoms with Crippen molar-refractivity contribution >= 4 is 14.3 Å². The fraction of sp³-hybridized carbons (Fsp3) is 1.00. The largest absolute Gasteiger partial charge is 0.336 e. The normalized spacial score (nSPS) is 33.4. The Hall–Kier alpha value is 0.0899. The molecular formula is C2H7B2N. The molecule has 1 saturated heterocycles. The lowest BCUT2D eigenvalue weighted by Gasteiger charge is -2.15. The third-order valence-corrected chi connectivity index (χ3v) is 1.15. The van der Waals surface area contributed by atoms with Crippen LogP contribution in [0.3, 0.4) is 0 Å². The van der Waals surface area contributed by atoms with Crippen LogP contribution in [0.25, 0.3) is 0 Å². The second kappa shape index (κ2) is 1.05. The fourth-order valence-electron chi connectivity index (χ4n) is 0.440. The SMILES string of the molecule is NC1BBC1. The summed E-state index contributed by atoms with van der Waals surface area (Å²) in [5.41, 5.74) is 5.38. The van der Waals surface area contributed by atoms with Gasteiger partial charge >= 0.3 is 0 Å². The van der Waals surface area contributed by atoms with E-state index in [-0.39, 0.29) is 0 Å². The number of nitrogens with two attached hydrogens (primary N) is 1. The zero-order chi connectivity index (χ0) is 3.70. The zero-order valence-electron chi connectivity index (χ0n) is 3.28. The molecular weight excluding hydrogens is 59.7 g/mol. The first-order chi connectivity index (χ1) is 2.39. The Kier molecular flexibility index (Phi) is 0.692. The van der Waals surface area contributed by atoms with Gasteiger partial charge in [-0.3, -0.25) is 0 Å². The molecule has 1 nitrogen and oxygen atoms in total. The van der Waals surface area contributed by atoms with Gasteiger partial charge in [0.1, 0.15) is 7.17 Å². The van der Waals surface area contributed by atoms with E-state index >= 15 is 0 Å². The van der Waals surface area contributed by atoms with E-state index in [1.54, 1.807) is 0 Å². The molecule has 0 aromatic rings. The van der Waals surface area contributed by atoms with E-state index < -0.39 is 0 Å². The van der Waals surface area contributed by atoms with Crippen LogP contribution in [0, 0.1) is 0 Å². The zero-order valence-corrected chi connectivity index (χ0v) is 3.28. The van der Waals surface area contributed by atoms with Gasteiger partial charge in [-0.25, -0.2) is 0 Å². The maximum Gasteiger partial charge on any atom is 0.107 e. The van der Waals surface area contributed by atoms with Crippen molar-refractivity contribution in [1.29, 1.82) is 0 Å². The van der Waals surface area contributed by atoms with Crippen molar-refractivity contribution in [3.8, 4) is 0 Å². The summed E-state index contributed by atoms with van der Waals surface area (Å²) < 4.78 is 0. The summed E-state index contributed by atoms with van der Waals surface area (Å²) in [4.78, 5) is 0. The molecule has 0 saturated carbocycles. The monoisotopic (exact) mass is 67.1 g/mol. The first-order valence-corrected chi connectivity index (χ1v) is 2.15. The van der Waals surface area contributed by atoms with Crippen molar-refractivity contribution in [2.45, 2.75) is 12.3 Å². The van der Waals surface area contributed by atoms with Gasteiger partial charge in [-0.05, 0) is 5.94 Å². The minimum absolute atomic E-state index is 0.565. The Morgan fingerprint density at radius 2 is 2.20 bits per heavy atom. The van der Waals surface area contributed by atoms with E-state index in [0.29, 0.717) is 5.94 Å². The molecule has 1 heterocycles. The third-order valence-electron chi connectivity index (χ3n) is 1.15. The lowest BCUT2D eigenvalue weighted by molar-refractivity contribution is 0.990. The fourth-order valence-corrected chi connectivity index (χ4v) is 0.440. The molecule has 1 atom stereocenters. The van der Waals surface area contributed by atoms with E-state index in [0.717, 1.165) is 0 Å². The van der Waals surface area contributed by atoms with Gasteiger partial charge in [0.05, 0.1) is 7.17 Å². The quantitative estimate of drug-likeness (QED) is 0.342. The van der Waals surface area contributed by atoms with Crippen LogP contribution in [0.1, 0.15) is 0 Å². The van der Waals surface area contributed by atoms with Crippen molar-refractivity contribution < 1.29 is 0 Å². The average molecular weight is 66.7 g/mol. The van der Waals surface area contributed by atoms with E-state index in [2.05, 4.69) is 0 Å². The van der Waals surface area contributed by atoms with E-state index in [9.17, 15) is 0 Å². The molecule has 0 amide bonds. The first-order valence-electron chi connectivity index (χ1n) is 2.15. The molecule has 3 heteroatoms. The van der Waals surface area contributed by atoms with Gasteiger partial charge in [-0.2, -0.15) is 0 Å². The summed E-state index contributed by atoms with van der Waals surface area (Å²) >= 11 is 0. The summed E-state index contributed by atoms with van der Waals surface area (Å²) in [6.45, 7) is 0. The Morgan fingerprint density at radius 1 is 1.80 bits per heavy atom. The lowest BCUT2D eigenvalue weighted by Crippen LogP contribution is -2.42. The van der Waals surface area contributed by atoms with Crippen molar-refractivity contribution in [3.05, 3.63) is 0 Å². The lowest BCUT2D eigenvalue weighted by atomic mass is 9.22. The van der Waals surface area contributed by atoms with Gasteiger partial charge in [0.2, 0.25) is 0 Å². The minimum atomic E-state index is 0.565. The van der Waals surface area contributed by atoms with E-state index in [1.165, 1.54) is 20.7 Å². The van der Waals surface area contributed by atoms with Gasteiger partial charge in [0.15, 0.2) is 0 Å². The maximum absolute atomic E-state index is 5.38. The summed E-state index contributed by atoms with van der Waals surface area (Å²) in [7, 11) is 2.63. The predicted molar refractivity (Wildman–Crippen MR) is 27.1 cm³/mol. The smallest absolute Gasteiger partial charge is 0.107 e. The maximum atomic E-state index is 5.38. The molecule has 1 aliphatic rings. The molecule has 1 aliphatic heterocycles.